The molecule has 0 aromatic rings. The molecule has 14 heavy (non-hydrogen) atoms. The summed E-state index contributed by atoms with van der Waals surface area (Å²) in [5.74, 6) is 1.61. The van der Waals surface area contributed by atoms with Crippen molar-refractivity contribution in [3.05, 3.63) is 0 Å². The van der Waals surface area contributed by atoms with Crippen LogP contribution in [-0.4, -0.2) is 26.8 Å². The fraction of sp³-hybridized carbons (Fsp3) is 1.00. The van der Waals surface area contributed by atoms with Crippen LogP contribution < -0.4 is 5.32 Å². The molecule has 2 heteroatoms. The van der Waals surface area contributed by atoms with E-state index in [1.54, 1.807) is 7.11 Å². The maximum Gasteiger partial charge on any atom is 0.0462 e. The third kappa shape index (κ3) is 7.34. The van der Waals surface area contributed by atoms with Gasteiger partial charge in [-0.05, 0) is 37.8 Å². The van der Waals surface area contributed by atoms with Crippen LogP contribution in [0.4, 0.5) is 0 Å². The molecule has 0 aliphatic carbocycles. The van der Waals surface area contributed by atoms with Crippen molar-refractivity contribution in [1.82, 2.24) is 5.32 Å². The molecule has 0 saturated carbocycles. The Morgan fingerprint density at radius 3 is 2.43 bits per heavy atom. The summed E-state index contributed by atoms with van der Waals surface area (Å²) in [6.45, 7) is 9.97. The summed E-state index contributed by atoms with van der Waals surface area (Å²) in [5.41, 5.74) is 0. The highest BCUT2D eigenvalue weighted by Crippen LogP contribution is 2.17. The summed E-state index contributed by atoms with van der Waals surface area (Å²) in [4.78, 5) is 0. The molecule has 0 heterocycles. The van der Waals surface area contributed by atoms with Crippen LogP contribution >= 0.6 is 0 Å². The van der Waals surface area contributed by atoms with Crippen molar-refractivity contribution in [2.75, 3.05) is 26.8 Å². The van der Waals surface area contributed by atoms with E-state index in [-0.39, 0.29) is 0 Å². The van der Waals surface area contributed by atoms with Crippen LogP contribution in [0.25, 0.3) is 0 Å². The second-order valence-electron chi connectivity index (χ2n) is 4.30. The maximum atomic E-state index is 5.05. The minimum absolute atomic E-state index is 0.789. The van der Waals surface area contributed by atoms with Crippen LogP contribution in [0.2, 0.25) is 0 Å². The molecular weight excluding hydrogens is 174 g/mol. The number of nitrogens with one attached hydrogen (secondary N) is 1. The zero-order valence-corrected chi connectivity index (χ0v) is 10.3. The van der Waals surface area contributed by atoms with E-state index in [1.165, 1.54) is 25.8 Å². The monoisotopic (exact) mass is 201 g/mol. The molecule has 1 atom stereocenters. The summed E-state index contributed by atoms with van der Waals surface area (Å²) in [7, 11) is 1.78. The van der Waals surface area contributed by atoms with Crippen LogP contribution in [0.1, 0.15) is 40.0 Å². The fourth-order valence-electron chi connectivity index (χ4n) is 1.65. The van der Waals surface area contributed by atoms with Gasteiger partial charge in [0.05, 0.1) is 0 Å². The molecule has 0 fully saturated rings. The predicted molar refractivity (Wildman–Crippen MR) is 62.6 cm³/mol. The lowest BCUT2D eigenvalue weighted by Gasteiger charge is -2.20. The Balaban J connectivity index is 3.52. The van der Waals surface area contributed by atoms with Gasteiger partial charge in [-0.15, -0.1) is 0 Å². The average Bonchev–Trinajstić information content (AvgIpc) is 2.16. The Morgan fingerprint density at radius 2 is 1.93 bits per heavy atom. The Morgan fingerprint density at radius 1 is 1.21 bits per heavy atom. The van der Waals surface area contributed by atoms with Crippen molar-refractivity contribution < 1.29 is 4.74 Å². The lowest BCUT2D eigenvalue weighted by atomic mass is 9.90. The number of methoxy groups -OCH3 is 1. The van der Waals surface area contributed by atoms with E-state index in [0.29, 0.717) is 0 Å². The van der Waals surface area contributed by atoms with E-state index < -0.39 is 0 Å². The van der Waals surface area contributed by atoms with Crippen LogP contribution in [0, 0.1) is 11.8 Å². The van der Waals surface area contributed by atoms with Gasteiger partial charge in [-0.3, -0.25) is 0 Å². The van der Waals surface area contributed by atoms with Gasteiger partial charge in [-0.1, -0.05) is 27.2 Å². The van der Waals surface area contributed by atoms with E-state index in [2.05, 4.69) is 26.1 Å². The van der Waals surface area contributed by atoms with Gasteiger partial charge in [0.2, 0.25) is 0 Å². The molecule has 0 bridgehead atoms. The average molecular weight is 201 g/mol. The molecule has 0 aliphatic rings. The van der Waals surface area contributed by atoms with Crippen molar-refractivity contribution in [3.63, 3.8) is 0 Å². The summed E-state index contributed by atoms with van der Waals surface area (Å²) < 4.78 is 5.05. The zero-order chi connectivity index (χ0) is 10.8. The minimum Gasteiger partial charge on any atom is -0.385 e. The van der Waals surface area contributed by atoms with Crippen molar-refractivity contribution in [2.45, 2.75) is 40.0 Å². The van der Waals surface area contributed by atoms with Crippen molar-refractivity contribution in [3.8, 4) is 0 Å². The third-order valence-corrected chi connectivity index (χ3v) is 2.77. The van der Waals surface area contributed by atoms with Crippen LogP contribution in [0.15, 0.2) is 0 Å². The third-order valence-electron chi connectivity index (χ3n) is 2.77. The van der Waals surface area contributed by atoms with Gasteiger partial charge < -0.3 is 10.1 Å². The van der Waals surface area contributed by atoms with E-state index >= 15 is 0 Å². The first-order chi connectivity index (χ1) is 6.72. The topological polar surface area (TPSA) is 21.3 Å². The Bertz CT molecular complexity index is 115. The highest BCUT2D eigenvalue weighted by atomic mass is 16.5. The second kappa shape index (κ2) is 9.47. The molecule has 86 valence electrons. The first kappa shape index (κ1) is 13.9. The number of hydrogen-bond donors (Lipinski definition) is 1. The van der Waals surface area contributed by atoms with Gasteiger partial charge >= 0.3 is 0 Å². The molecule has 0 aromatic carbocycles. The molecule has 0 amide bonds. The maximum absolute atomic E-state index is 5.05. The summed E-state index contributed by atoms with van der Waals surface area (Å²) >= 11 is 0. The quantitative estimate of drug-likeness (QED) is 0.579. The summed E-state index contributed by atoms with van der Waals surface area (Å²) in [6.07, 6.45) is 3.82. The van der Waals surface area contributed by atoms with Crippen LogP contribution in [0.5, 0.6) is 0 Å². The van der Waals surface area contributed by atoms with Crippen LogP contribution in [-0.2, 0) is 4.74 Å². The van der Waals surface area contributed by atoms with Gasteiger partial charge in [0.25, 0.3) is 0 Å². The van der Waals surface area contributed by atoms with Crippen LogP contribution in [0.3, 0.4) is 0 Å². The molecule has 0 spiro atoms. The van der Waals surface area contributed by atoms with Gasteiger partial charge in [0, 0.05) is 13.7 Å². The van der Waals surface area contributed by atoms with E-state index in [4.69, 9.17) is 4.74 Å². The first-order valence-corrected chi connectivity index (χ1v) is 5.92. The molecule has 0 radical (unpaired) electrons. The highest BCUT2D eigenvalue weighted by Gasteiger charge is 2.11. The van der Waals surface area contributed by atoms with Gasteiger partial charge in [0.1, 0.15) is 0 Å². The van der Waals surface area contributed by atoms with Gasteiger partial charge in [0.15, 0.2) is 0 Å². The Labute approximate surface area is 89.4 Å². The van der Waals surface area contributed by atoms with E-state index in [1.807, 2.05) is 0 Å². The lowest BCUT2D eigenvalue weighted by Crippen LogP contribution is -2.26. The highest BCUT2D eigenvalue weighted by molar-refractivity contribution is 4.65. The molecule has 0 aromatic heterocycles. The molecular formula is C12H27NO. The smallest absolute Gasteiger partial charge is 0.0462 e. The fourth-order valence-corrected chi connectivity index (χ4v) is 1.65. The van der Waals surface area contributed by atoms with Gasteiger partial charge in [-0.25, -0.2) is 0 Å². The zero-order valence-electron chi connectivity index (χ0n) is 10.3. The number of rotatable bonds is 9. The minimum atomic E-state index is 0.789. The van der Waals surface area contributed by atoms with E-state index in [0.717, 1.165) is 25.0 Å². The first-order valence-electron chi connectivity index (χ1n) is 5.92. The van der Waals surface area contributed by atoms with Gasteiger partial charge in [-0.2, -0.15) is 0 Å². The molecule has 0 saturated heterocycles. The van der Waals surface area contributed by atoms with Crippen molar-refractivity contribution >= 4 is 0 Å². The molecule has 1 unspecified atom stereocenters. The molecule has 0 rings (SSSR count). The normalized spacial score (nSPS) is 13.5. The van der Waals surface area contributed by atoms with Crippen molar-refractivity contribution in [2.24, 2.45) is 11.8 Å². The molecule has 2 nitrogen and oxygen atoms in total. The second-order valence-corrected chi connectivity index (χ2v) is 4.30. The number of hydrogen-bond acceptors (Lipinski definition) is 2. The predicted octanol–water partition coefficient (Wildman–Crippen LogP) is 2.68. The Hall–Kier alpha value is -0.0800. The number of ether oxygens (including phenoxy) is 1. The summed E-state index contributed by atoms with van der Waals surface area (Å²) in [5, 5.41) is 3.44. The standard InChI is InChI=1S/C12H27NO/c1-5-13-10-12(11(2)3)8-6-7-9-14-4/h11-13H,5-10H2,1-4H3. The largest absolute Gasteiger partial charge is 0.385 e. The Kier molecular flexibility index (Phi) is 9.42. The lowest BCUT2D eigenvalue weighted by molar-refractivity contribution is 0.188. The molecule has 1 N–H and O–H groups in total. The number of unbranched alkanes of at least 4 members (excludes halogenated alkanes) is 1. The summed E-state index contributed by atoms with van der Waals surface area (Å²) in [6, 6.07) is 0. The van der Waals surface area contributed by atoms with Crippen molar-refractivity contribution in [1.29, 1.82) is 0 Å². The SMILES string of the molecule is CCNCC(CCCCOC)C(C)C. The van der Waals surface area contributed by atoms with E-state index in [9.17, 15) is 0 Å². The molecule has 0 aliphatic heterocycles.